The largest absolute Gasteiger partial charge is 0.309 e. The summed E-state index contributed by atoms with van der Waals surface area (Å²) in [5.41, 5.74) is 3.74. The van der Waals surface area contributed by atoms with Crippen LogP contribution in [0.1, 0.15) is 52.9 Å². The standard InChI is InChI=1S/C26H38N2O/c1-6-10-11-13-21(5)14-17-27-18-15-24(16-19-27)28-25(9-4)23(12-7-2)20-22(8-3)26(28)29/h6-7,9-13,22,24H,1-2,8,14-20H2,3-5H3/b11-10-,21-13+,23-12-,25-9+. The van der Waals surface area contributed by atoms with Crippen LogP contribution in [0.2, 0.25) is 0 Å². The van der Waals surface area contributed by atoms with Crippen molar-refractivity contribution in [3.63, 3.8) is 0 Å². The Hall–Kier alpha value is -2.13. The van der Waals surface area contributed by atoms with Crippen LogP contribution < -0.4 is 0 Å². The van der Waals surface area contributed by atoms with Gasteiger partial charge in [-0.3, -0.25) is 4.79 Å². The van der Waals surface area contributed by atoms with Gasteiger partial charge in [0.25, 0.3) is 0 Å². The van der Waals surface area contributed by atoms with E-state index < -0.39 is 0 Å². The minimum Gasteiger partial charge on any atom is -0.309 e. The van der Waals surface area contributed by atoms with Crippen LogP contribution in [0.15, 0.2) is 72.5 Å². The number of amides is 1. The molecule has 2 aliphatic rings. The molecular formula is C26H38N2O. The monoisotopic (exact) mass is 394 g/mol. The molecule has 2 saturated heterocycles. The molecule has 1 unspecified atom stereocenters. The first kappa shape index (κ1) is 23.2. The Balaban J connectivity index is 2.00. The molecule has 1 atom stereocenters. The van der Waals surface area contributed by atoms with Crippen molar-refractivity contribution in [3.8, 4) is 0 Å². The summed E-state index contributed by atoms with van der Waals surface area (Å²) in [4.78, 5) is 17.8. The predicted molar refractivity (Wildman–Crippen MR) is 124 cm³/mol. The fourth-order valence-corrected chi connectivity index (χ4v) is 4.36. The van der Waals surface area contributed by atoms with Gasteiger partial charge < -0.3 is 9.80 Å². The predicted octanol–water partition coefficient (Wildman–Crippen LogP) is 5.80. The molecular weight excluding hydrogens is 356 g/mol. The highest BCUT2D eigenvalue weighted by Gasteiger charge is 2.38. The van der Waals surface area contributed by atoms with Crippen molar-refractivity contribution in [2.45, 2.75) is 58.9 Å². The van der Waals surface area contributed by atoms with Gasteiger partial charge in [0, 0.05) is 37.3 Å². The molecule has 3 nitrogen and oxygen atoms in total. The molecule has 0 aromatic rings. The van der Waals surface area contributed by atoms with Crippen LogP contribution >= 0.6 is 0 Å². The molecule has 0 bridgehead atoms. The highest BCUT2D eigenvalue weighted by Crippen LogP contribution is 2.36. The first-order valence-electron chi connectivity index (χ1n) is 11.0. The molecule has 3 heteroatoms. The molecule has 2 rings (SSSR count). The van der Waals surface area contributed by atoms with Crippen LogP contribution in [0.25, 0.3) is 0 Å². The van der Waals surface area contributed by atoms with Crippen LogP contribution in [-0.4, -0.2) is 41.4 Å². The number of piperidine rings is 2. The number of rotatable bonds is 8. The summed E-state index contributed by atoms with van der Waals surface area (Å²) in [6, 6.07) is 0.305. The lowest BCUT2D eigenvalue weighted by molar-refractivity contribution is -0.137. The third kappa shape index (κ3) is 6.17. The summed E-state index contributed by atoms with van der Waals surface area (Å²) >= 11 is 0. The third-order valence-electron chi connectivity index (χ3n) is 6.10. The first-order valence-corrected chi connectivity index (χ1v) is 11.0. The fourth-order valence-electron chi connectivity index (χ4n) is 4.36. The van der Waals surface area contributed by atoms with E-state index in [-0.39, 0.29) is 5.92 Å². The van der Waals surface area contributed by atoms with Gasteiger partial charge >= 0.3 is 0 Å². The Bertz CT molecular complexity index is 702. The number of nitrogens with zero attached hydrogens (tertiary/aromatic N) is 2. The second kappa shape index (κ2) is 11.8. The van der Waals surface area contributed by atoms with Crippen molar-refractivity contribution < 1.29 is 4.79 Å². The van der Waals surface area contributed by atoms with E-state index in [0.29, 0.717) is 11.9 Å². The maximum absolute atomic E-state index is 13.2. The van der Waals surface area contributed by atoms with Gasteiger partial charge in [0.2, 0.25) is 5.91 Å². The van der Waals surface area contributed by atoms with Crippen molar-refractivity contribution in [3.05, 3.63) is 72.5 Å². The van der Waals surface area contributed by atoms with Gasteiger partial charge in [0.1, 0.15) is 0 Å². The fraction of sp³-hybridized carbons (Fsp3) is 0.500. The van der Waals surface area contributed by atoms with Crippen LogP contribution in [0.3, 0.4) is 0 Å². The molecule has 158 valence electrons. The highest BCUT2D eigenvalue weighted by atomic mass is 16.2. The number of carbonyl (C=O) groups is 1. The molecule has 0 aromatic heterocycles. The second-order valence-corrected chi connectivity index (χ2v) is 8.08. The zero-order chi connectivity index (χ0) is 21.2. The Morgan fingerprint density at radius 1 is 1.17 bits per heavy atom. The van der Waals surface area contributed by atoms with E-state index in [1.807, 2.05) is 25.2 Å². The van der Waals surface area contributed by atoms with Crippen molar-refractivity contribution in [1.82, 2.24) is 9.80 Å². The van der Waals surface area contributed by atoms with Crippen LogP contribution in [0.4, 0.5) is 0 Å². The SMILES string of the molecule is C=C/C=C\C=C(/C)CCN1CCC(N2C(=O)C(CC)CC(=C/C=C)/C2=C\C)CC1. The Morgan fingerprint density at radius 2 is 1.90 bits per heavy atom. The second-order valence-electron chi connectivity index (χ2n) is 8.08. The van der Waals surface area contributed by atoms with Gasteiger partial charge in [-0.1, -0.05) is 68.2 Å². The summed E-state index contributed by atoms with van der Waals surface area (Å²) in [6.07, 6.45) is 18.9. The molecule has 0 saturated carbocycles. The minimum absolute atomic E-state index is 0.0966. The van der Waals surface area contributed by atoms with Gasteiger partial charge in [0.05, 0.1) is 0 Å². The lowest BCUT2D eigenvalue weighted by atomic mass is 9.85. The van der Waals surface area contributed by atoms with Crippen LogP contribution in [0.5, 0.6) is 0 Å². The molecule has 2 fully saturated rings. The molecule has 0 spiro atoms. The van der Waals surface area contributed by atoms with Crippen molar-refractivity contribution in [2.75, 3.05) is 19.6 Å². The molecule has 0 aromatic carbocycles. The number of hydrogen-bond acceptors (Lipinski definition) is 2. The molecule has 1 amide bonds. The van der Waals surface area contributed by atoms with Crippen LogP contribution in [0, 0.1) is 5.92 Å². The van der Waals surface area contributed by atoms with Crippen LogP contribution in [-0.2, 0) is 4.79 Å². The van der Waals surface area contributed by atoms with Crippen molar-refractivity contribution >= 4 is 5.91 Å². The van der Waals surface area contributed by atoms with Crippen molar-refractivity contribution in [1.29, 1.82) is 0 Å². The lowest BCUT2D eigenvalue weighted by Gasteiger charge is -2.44. The van der Waals surface area contributed by atoms with Gasteiger partial charge in [-0.2, -0.15) is 0 Å². The minimum atomic E-state index is 0.0966. The quantitative estimate of drug-likeness (QED) is 0.485. The topological polar surface area (TPSA) is 23.6 Å². The molecule has 0 aliphatic carbocycles. The zero-order valence-corrected chi connectivity index (χ0v) is 18.6. The summed E-state index contributed by atoms with van der Waals surface area (Å²) in [5, 5.41) is 0. The maximum atomic E-state index is 13.2. The highest BCUT2D eigenvalue weighted by molar-refractivity contribution is 5.84. The van der Waals surface area contributed by atoms with E-state index in [4.69, 9.17) is 0 Å². The van der Waals surface area contributed by atoms with E-state index in [0.717, 1.165) is 57.4 Å². The lowest BCUT2D eigenvalue weighted by Crippen LogP contribution is -2.51. The van der Waals surface area contributed by atoms with E-state index in [1.165, 1.54) is 11.1 Å². The summed E-state index contributed by atoms with van der Waals surface area (Å²) in [6.45, 7) is 17.1. The summed E-state index contributed by atoms with van der Waals surface area (Å²) in [7, 11) is 0. The summed E-state index contributed by atoms with van der Waals surface area (Å²) < 4.78 is 0. The Morgan fingerprint density at radius 3 is 2.48 bits per heavy atom. The smallest absolute Gasteiger partial charge is 0.230 e. The summed E-state index contributed by atoms with van der Waals surface area (Å²) in [5.74, 6) is 0.410. The molecule has 2 heterocycles. The van der Waals surface area contributed by atoms with E-state index in [1.54, 1.807) is 6.08 Å². The van der Waals surface area contributed by atoms with Gasteiger partial charge in [-0.15, -0.1) is 0 Å². The third-order valence-corrected chi connectivity index (χ3v) is 6.10. The van der Waals surface area contributed by atoms with E-state index in [2.05, 4.69) is 55.0 Å². The van der Waals surface area contributed by atoms with Crippen molar-refractivity contribution in [2.24, 2.45) is 5.92 Å². The Kier molecular flexibility index (Phi) is 9.40. The molecule has 2 aliphatic heterocycles. The maximum Gasteiger partial charge on any atom is 0.230 e. The average Bonchev–Trinajstić information content (AvgIpc) is 2.73. The molecule has 0 N–H and O–H groups in total. The van der Waals surface area contributed by atoms with Gasteiger partial charge in [0.15, 0.2) is 0 Å². The number of likely N-dealkylation sites (tertiary alicyclic amines) is 2. The Labute approximate surface area is 177 Å². The number of carbonyl (C=O) groups excluding carboxylic acids is 1. The first-order chi connectivity index (χ1) is 14.0. The zero-order valence-electron chi connectivity index (χ0n) is 18.6. The average molecular weight is 395 g/mol. The molecule has 29 heavy (non-hydrogen) atoms. The van der Waals surface area contributed by atoms with E-state index >= 15 is 0 Å². The number of allylic oxidation sites excluding steroid dienone is 8. The number of hydrogen-bond donors (Lipinski definition) is 0. The normalized spacial score (nSPS) is 25.3. The molecule has 0 radical (unpaired) electrons. The van der Waals surface area contributed by atoms with E-state index in [9.17, 15) is 4.79 Å². The van der Waals surface area contributed by atoms with Gasteiger partial charge in [-0.25, -0.2) is 0 Å². The van der Waals surface area contributed by atoms with Gasteiger partial charge in [-0.05, 0) is 51.5 Å².